The number of carbonyl (C=O) groups excluding carboxylic acids is 1. The molecule has 0 bridgehead atoms. The third-order valence-electron chi connectivity index (χ3n) is 3.94. The van der Waals surface area contributed by atoms with Crippen LogP contribution in [0.15, 0.2) is 18.2 Å². The molecule has 1 heterocycles. The van der Waals surface area contributed by atoms with Crippen LogP contribution < -0.4 is 5.46 Å². The van der Waals surface area contributed by atoms with Gasteiger partial charge in [0, 0.05) is 12.0 Å². The first-order valence-electron chi connectivity index (χ1n) is 6.38. The van der Waals surface area contributed by atoms with E-state index in [9.17, 15) is 9.90 Å². The first kappa shape index (κ1) is 14.1. The Hall–Kier alpha value is -1.33. The Morgan fingerprint density at radius 3 is 2.26 bits per heavy atom. The van der Waals surface area contributed by atoms with Crippen molar-refractivity contribution < 1.29 is 19.2 Å². The van der Waals surface area contributed by atoms with Gasteiger partial charge in [-0.15, -0.1) is 0 Å². The van der Waals surface area contributed by atoms with Crippen LogP contribution in [-0.2, 0) is 20.5 Å². The number of phenolic OH excluding ortho intramolecular Hbond substituents is 1. The summed E-state index contributed by atoms with van der Waals surface area (Å²) < 4.78 is 11.8. The minimum absolute atomic E-state index is 0.0966. The molecule has 1 fully saturated rings. The van der Waals surface area contributed by atoms with E-state index in [-0.39, 0.29) is 12.2 Å². The second kappa shape index (κ2) is 4.65. The molecule has 102 valence electrons. The summed E-state index contributed by atoms with van der Waals surface area (Å²) in [5, 5.41) is 9.87. The number of rotatable bonds is 3. The fourth-order valence-electron chi connectivity index (χ4n) is 1.97. The van der Waals surface area contributed by atoms with Crippen LogP contribution >= 0.6 is 0 Å². The van der Waals surface area contributed by atoms with E-state index in [1.54, 1.807) is 12.1 Å². The third kappa shape index (κ3) is 2.53. The maximum atomic E-state index is 10.5. The van der Waals surface area contributed by atoms with E-state index in [1.807, 2.05) is 33.8 Å². The molecule has 1 aromatic rings. The summed E-state index contributed by atoms with van der Waals surface area (Å²) in [6.07, 6.45) is 0.971. The minimum Gasteiger partial charge on any atom is -0.508 e. The number of benzene rings is 1. The van der Waals surface area contributed by atoms with Crippen molar-refractivity contribution in [2.45, 2.75) is 45.3 Å². The molecular weight excluding hydrogens is 243 g/mol. The molecule has 0 radical (unpaired) electrons. The van der Waals surface area contributed by atoms with E-state index in [0.29, 0.717) is 5.56 Å². The molecule has 0 spiro atoms. The first-order chi connectivity index (χ1) is 8.77. The molecule has 5 heteroatoms. The zero-order valence-electron chi connectivity index (χ0n) is 11.8. The smallest absolute Gasteiger partial charge is 0.494 e. The molecule has 1 aliphatic heterocycles. The van der Waals surface area contributed by atoms with Crippen molar-refractivity contribution >= 4 is 18.9 Å². The van der Waals surface area contributed by atoms with Crippen molar-refractivity contribution in [2.24, 2.45) is 0 Å². The average Bonchev–Trinajstić information content (AvgIpc) is 2.51. The largest absolute Gasteiger partial charge is 0.508 e. The maximum Gasteiger partial charge on any atom is 0.494 e. The molecule has 4 nitrogen and oxygen atoms in total. The van der Waals surface area contributed by atoms with Gasteiger partial charge in [-0.25, -0.2) is 0 Å². The lowest BCUT2D eigenvalue weighted by Gasteiger charge is -2.32. The average molecular weight is 262 g/mol. The Labute approximate surface area is 113 Å². The van der Waals surface area contributed by atoms with Crippen LogP contribution in [0.4, 0.5) is 0 Å². The van der Waals surface area contributed by atoms with Crippen molar-refractivity contribution in [3.8, 4) is 5.75 Å². The highest BCUT2D eigenvalue weighted by Gasteiger charge is 2.51. The van der Waals surface area contributed by atoms with Crippen LogP contribution in [0.5, 0.6) is 5.75 Å². The van der Waals surface area contributed by atoms with Gasteiger partial charge in [0.2, 0.25) is 0 Å². The van der Waals surface area contributed by atoms with Crippen molar-refractivity contribution in [3.05, 3.63) is 23.8 Å². The number of aromatic hydroxyl groups is 1. The summed E-state index contributed by atoms with van der Waals surface area (Å²) in [5.74, 6) is 0.0966. The molecule has 0 aromatic heterocycles. The van der Waals surface area contributed by atoms with Gasteiger partial charge in [0.1, 0.15) is 12.0 Å². The highest BCUT2D eigenvalue weighted by molar-refractivity contribution is 6.62. The van der Waals surface area contributed by atoms with Crippen molar-refractivity contribution in [3.63, 3.8) is 0 Å². The molecule has 2 rings (SSSR count). The molecule has 1 N–H and O–H groups in total. The number of hydrogen-bond acceptors (Lipinski definition) is 4. The van der Waals surface area contributed by atoms with Gasteiger partial charge in [0.05, 0.1) is 11.2 Å². The van der Waals surface area contributed by atoms with Crippen molar-refractivity contribution in [1.82, 2.24) is 0 Å². The van der Waals surface area contributed by atoms with E-state index >= 15 is 0 Å². The van der Waals surface area contributed by atoms with Crippen molar-refractivity contribution in [1.29, 1.82) is 0 Å². The molecule has 1 aromatic carbocycles. The SMILES string of the molecule is CC1(C)OB(c2ccc(CC=O)c(O)c2)OC1(C)C. The normalized spacial score (nSPS) is 20.5. The van der Waals surface area contributed by atoms with Crippen LogP contribution in [0.3, 0.4) is 0 Å². The van der Waals surface area contributed by atoms with E-state index in [0.717, 1.165) is 11.7 Å². The van der Waals surface area contributed by atoms with Crippen molar-refractivity contribution in [2.75, 3.05) is 0 Å². The lowest BCUT2D eigenvalue weighted by molar-refractivity contribution is -0.107. The Morgan fingerprint density at radius 2 is 1.79 bits per heavy atom. The molecule has 0 atom stereocenters. The molecule has 0 saturated carbocycles. The Balaban J connectivity index is 2.25. The van der Waals surface area contributed by atoms with Gasteiger partial charge >= 0.3 is 7.12 Å². The lowest BCUT2D eigenvalue weighted by Crippen LogP contribution is -2.41. The number of phenols is 1. The van der Waals surface area contributed by atoms with Crippen LogP contribution in [0.2, 0.25) is 0 Å². The van der Waals surface area contributed by atoms with Crippen LogP contribution in [0, 0.1) is 0 Å². The summed E-state index contributed by atoms with van der Waals surface area (Å²) >= 11 is 0. The van der Waals surface area contributed by atoms with Gasteiger partial charge in [-0.1, -0.05) is 12.1 Å². The van der Waals surface area contributed by atoms with Crippen LogP contribution in [-0.4, -0.2) is 29.7 Å². The van der Waals surface area contributed by atoms with Gasteiger partial charge in [-0.3, -0.25) is 0 Å². The van der Waals surface area contributed by atoms with Gasteiger partial charge in [0.15, 0.2) is 0 Å². The second-order valence-corrected chi connectivity index (χ2v) is 5.85. The molecule has 0 aliphatic carbocycles. The quantitative estimate of drug-likeness (QED) is 0.661. The van der Waals surface area contributed by atoms with E-state index in [4.69, 9.17) is 9.31 Å². The Kier molecular flexibility index (Phi) is 3.45. The van der Waals surface area contributed by atoms with Gasteiger partial charge in [-0.05, 0) is 39.2 Å². The monoisotopic (exact) mass is 262 g/mol. The van der Waals surface area contributed by atoms with E-state index in [1.165, 1.54) is 0 Å². The predicted octanol–water partition coefficient (Wildman–Crippen LogP) is 1.43. The van der Waals surface area contributed by atoms with E-state index in [2.05, 4.69) is 0 Å². The zero-order chi connectivity index (χ0) is 14.3. The fourth-order valence-corrected chi connectivity index (χ4v) is 1.97. The lowest BCUT2D eigenvalue weighted by atomic mass is 9.78. The predicted molar refractivity (Wildman–Crippen MR) is 73.6 cm³/mol. The van der Waals surface area contributed by atoms with E-state index < -0.39 is 18.3 Å². The molecule has 1 saturated heterocycles. The zero-order valence-corrected chi connectivity index (χ0v) is 11.8. The van der Waals surface area contributed by atoms with Crippen LogP contribution in [0.25, 0.3) is 0 Å². The van der Waals surface area contributed by atoms with Gasteiger partial charge in [0.25, 0.3) is 0 Å². The fraction of sp³-hybridized carbons (Fsp3) is 0.500. The molecular formula is C14H19BO4. The standard InChI is InChI=1S/C14H19BO4/c1-13(2)14(3,4)19-15(18-13)11-6-5-10(7-8-16)12(17)9-11/h5-6,8-9,17H,7H2,1-4H3. The summed E-state index contributed by atoms with van der Waals surface area (Å²) in [6.45, 7) is 7.92. The van der Waals surface area contributed by atoms with Gasteiger partial charge < -0.3 is 19.2 Å². The first-order valence-corrected chi connectivity index (χ1v) is 6.38. The molecule has 0 unspecified atom stereocenters. The summed E-state index contributed by atoms with van der Waals surface area (Å²) in [6, 6.07) is 5.14. The molecule has 19 heavy (non-hydrogen) atoms. The second-order valence-electron chi connectivity index (χ2n) is 5.85. The van der Waals surface area contributed by atoms with Crippen LogP contribution in [0.1, 0.15) is 33.3 Å². The minimum atomic E-state index is -0.499. The third-order valence-corrected chi connectivity index (χ3v) is 3.94. The summed E-state index contributed by atoms with van der Waals surface area (Å²) in [4.78, 5) is 10.5. The Morgan fingerprint density at radius 1 is 1.21 bits per heavy atom. The molecule has 0 amide bonds. The molecule has 1 aliphatic rings. The number of aldehydes is 1. The number of hydrogen-bond donors (Lipinski definition) is 1. The Bertz CT molecular complexity index is 480. The maximum absolute atomic E-state index is 10.5. The topological polar surface area (TPSA) is 55.8 Å². The highest BCUT2D eigenvalue weighted by Crippen LogP contribution is 2.36. The van der Waals surface area contributed by atoms with Gasteiger partial charge in [-0.2, -0.15) is 0 Å². The summed E-state index contributed by atoms with van der Waals surface area (Å²) in [5.41, 5.74) is 0.546. The highest BCUT2D eigenvalue weighted by atomic mass is 16.7. The number of carbonyl (C=O) groups is 1. The summed E-state index contributed by atoms with van der Waals surface area (Å²) in [7, 11) is -0.499.